The Morgan fingerprint density at radius 3 is 2.66 bits per heavy atom. The Bertz CT molecular complexity index is 1130. The van der Waals surface area contributed by atoms with E-state index in [0.717, 1.165) is 33.4 Å². The van der Waals surface area contributed by atoms with E-state index < -0.39 is 0 Å². The van der Waals surface area contributed by atoms with Crippen LogP contribution < -0.4 is 21.3 Å². The minimum atomic E-state index is 0.488. The van der Waals surface area contributed by atoms with Crippen LogP contribution in [0, 0.1) is 0 Å². The zero-order chi connectivity index (χ0) is 20.2. The van der Waals surface area contributed by atoms with Crippen LogP contribution in [0.3, 0.4) is 0 Å². The van der Waals surface area contributed by atoms with Crippen molar-refractivity contribution in [3.05, 3.63) is 78.5 Å². The first-order valence-electron chi connectivity index (χ1n) is 9.16. The first-order chi connectivity index (χ1) is 14.1. The number of hydrogen-bond acceptors (Lipinski definition) is 7. The maximum atomic E-state index is 6.35. The standard InChI is InChI=1S/C22H22N6S/c1-29-27-18-7-5-16(6-8-18)21-11-9-19(23)22(26-21)28(24)14-15-4-10-20-17(13-15)3-2-12-25-20/h2-13,27H,14,23-24H2,1H3. The van der Waals surface area contributed by atoms with E-state index in [1.807, 2.05) is 66.9 Å². The number of hydrogen-bond donors (Lipinski definition) is 3. The number of nitrogens with zero attached hydrogens (tertiary/aromatic N) is 3. The van der Waals surface area contributed by atoms with Crippen molar-refractivity contribution in [3.63, 3.8) is 0 Å². The second-order valence-electron chi connectivity index (χ2n) is 6.65. The summed E-state index contributed by atoms with van der Waals surface area (Å²) in [6, 6.07) is 21.9. The first-order valence-corrected chi connectivity index (χ1v) is 10.4. The predicted molar refractivity (Wildman–Crippen MR) is 123 cm³/mol. The lowest BCUT2D eigenvalue weighted by molar-refractivity contribution is 0.836. The fourth-order valence-corrected chi connectivity index (χ4v) is 3.54. The number of nitrogen functional groups attached to an aromatic ring is 1. The summed E-state index contributed by atoms with van der Waals surface area (Å²) in [5.74, 6) is 6.90. The van der Waals surface area contributed by atoms with Crippen LogP contribution in [0.5, 0.6) is 0 Å². The number of aromatic nitrogens is 2. The third kappa shape index (κ3) is 4.26. The molecule has 2 aromatic heterocycles. The molecule has 0 atom stereocenters. The highest BCUT2D eigenvalue weighted by Crippen LogP contribution is 2.27. The monoisotopic (exact) mass is 402 g/mol. The molecular weight excluding hydrogens is 380 g/mol. The highest BCUT2D eigenvalue weighted by atomic mass is 32.2. The summed E-state index contributed by atoms with van der Waals surface area (Å²) in [4.78, 5) is 9.07. The minimum absolute atomic E-state index is 0.488. The van der Waals surface area contributed by atoms with Gasteiger partial charge in [-0.25, -0.2) is 10.8 Å². The van der Waals surface area contributed by atoms with E-state index in [0.29, 0.717) is 18.1 Å². The van der Waals surface area contributed by atoms with Crippen LogP contribution >= 0.6 is 11.9 Å². The molecule has 0 spiro atoms. The van der Waals surface area contributed by atoms with Gasteiger partial charge in [-0.2, -0.15) is 0 Å². The van der Waals surface area contributed by atoms with Crippen LogP contribution in [-0.2, 0) is 6.54 Å². The Labute approximate surface area is 174 Å². The smallest absolute Gasteiger partial charge is 0.166 e. The predicted octanol–water partition coefficient (Wildman–Crippen LogP) is 4.45. The van der Waals surface area contributed by atoms with Crippen LogP contribution in [0.25, 0.3) is 22.2 Å². The number of nitrogens with one attached hydrogen (secondary N) is 1. The van der Waals surface area contributed by atoms with Crippen molar-refractivity contribution < 1.29 is 0 Å². The van der Waals surface area contributed by atoms with E-state index in [-0.39, 0.29) is 0 Å². The summed E-state index contributed by atoms with van der Waals surface area (Å²) in [6.45, 7) is 0.488. The molecule has 0 aliphatic heterocycles. The number of fused-ring (bicyclic) bond motifs is 1. The van der Waals surface area contributed by atoms with E-state index in [1.54, 1.807) is 23.2 Å². The van der Waals surface area contributed by atoms with E-state index in [4.69, 9.17) is 16.6 Å². The lowest BCUT2D eigenvalue weighted by Crippen LogP contribution is -2.31. The summed E-state index contributed by atoms with van der Waals surface area (Å²) < 4.78 is 3.21. The minimum Gasteiger partial charge on any atom is -0.396 e. The summed E-state index contributed by atoms with van der Waals surface area (Å²) in [7, 11) is 0. The molecule has 0 bridgehead atoms. The van der Waals surface area contributed by atoms with Crippen molar-refractivity contribution in [3.8, 4) is 11.3 Å². The van der Waals surface area contributed by atoms with Crippen LogP contribution in [0.15, 0.2) is 72.9 Å². The summed E-state index contributed by atoms with van der Waals surface area (Å²) in [6.07, 6.45) is 3.78. The van der Waals surface area contributed by atoms with E-state index >= 15 is 0 Å². The van der Waals surface area contributed by atoms with Crippen molar-refractivity contribution in [1.82, 2.24) is 9.97 Å². The Morgan fingerprint density at radius 1 is 1.03 bits per heavy atom. The van der Waals surface area contributed by atoms with E-state index in [1.165, 1.54) is 0 Å². The molecule has 0 aliphatic carbocycles. The Morgan fingerprint density at radius 2 is 1.86 bits per heavy atom. The molecule has 6 nitrogen and oxygen atoms in total. The van der Waals surface area contributed by atoms with Gasteiger partial charge in [0, 0.05) is 29.1 Å². The van der Waals surface area contributed by atoms with Crippen LogP contribution in [0.4, 0.5) is 17.2 Å². The van der Waals surface area contributed by atoms with Gasteiger partial charge in [-0.3, -0.25) is 9.99 Å². The topological polar surface area (TPSA) is 93.1 Å². The van der Waals surface area contributed by atoms with Gasteiger partial charge in [0.15, 0.2) is 5.82 Å². The molecule has 2 heterocycles. The van der Waals surface area contributed by atoms with Crippen LogP contribution in [0.1, 0.15) is 5.56 Å². The summed E-state index contributed by atoms with van der Waals surface area (Å²) in [5, 5.41) is 2.66. The Kier molecular flexibility index (Phi) is 5.50. The zero-order valence-corrected chi connectivity index (χ0v) is 16.9. The Hall–Kier alpha value is -3.29. The third-order valence-corrected chi connectivity index (χ3v) is 5.04. The van der Waals surface area contributed by atoms with Crippen LogP contribution in [0.2, 0.25) is 0 Å². The molecule has 0 unspecified atom stereocenters. The molecule has 0 fully saturated rings. The maximum Gasteiger partial charge on any atom is 0.166 e. The molecule has 4 aromatic rings. The third-order valence-electron chi connectivity index (χ3n) is 4.60. The van der Waals surface area contributed by atoms with Crippen molar-refractivity contribution in [2.75, 3.05) is 21.7 Å². The molecule has 5 N–H and O–H groups in total. The molecule has 0 amide bonds. The molecule has 0 aliphatic rings. The number of pyridine rings is 2. The van der Waals surface area contributed by atoms with E-state index in [2.05, 4.69) is 15.8 Å². The highest BCUT2D eigenvalue weighted by molar-refractivity contribution is 7.99. The van der Waals surface area contributed by atoms with Crippen molar-refractivity contribution in [2.24, 2.45) is 5.84 Å². The quantitative estimate of drug-likeness (QED) is 0.249. The normalized spacial score (nSPS) is 10.8. The molecule has 146 valence electrons. The summed E-state index contributed by atoms with van der Waals surface area (Å²) >= 11 is 1.56. The molecule has 4 rings (SSSR count). The SMILES string of the molecule is CSNc1ccc(-c2ccc(N)c(N(N)Cc3ccc4ncccc4c3)n2)cc1. The Balaban J connectivity index is 1.58. The molecule has 0 radical (unpaired) electrons. The van der Waals surface area contributed by atoms with Gasteiger partial charge in [-0.15, -0.1) is 0 Å². The second-order valence-corrected chi connectivity index (χ2v) is 7.26. The van der Waals surface area contributed by atoms with E-state index in [9.17, 15) is 0 Å². The molecular formula is C22H22N6S. The van der Waals surface area contributed by atoms with Gasteiger partial charge in [0.25, 0.3) is 0 Å². The van der Waals surface area contributed by atoms with Gasteiger partial charge >= 0.3 is 0 Å². The molecule has 7 heteroatoms. The largest absolute Gasteiger partial charge is 0.396 e. The zero-order valence-electron chi connectivity index (χ0n) is 16.0. The molecule has 29 heavy (non-hydrogen) atoms. The fourth-order valence-electron chi connectivity index (χ4n) is 3.17. The van der Waals surface area contributed by atoms with Crippen molar-refractivity contribution in [1.29, 1.82) is 0 Å². The number of hydrazine groups is 1. The lowest BCUT2D eigenvalue weighted by Gasteiger charge is -2.20. The van der Waals surface area contributed by atoms with Crippen LogP contribution in [-0.4, -0.2) is 16.2 Å². The van der Waals surface area contributed by atoms with Gasteiger partial charge in [0.05, 0.1) is 23.4 Å². The van der Waals surface area contributed by atoms with Crippen molar-refractivity contribution in [2.45, 2.75) is 6.54 Å². The number of benzene rings is 2. The first kappa shape index (κ1) is 19.0. The second kappa shape index (κ2) is 8.38. The highest BCUT2D eigenvalue weighted by Gasteiger charge is 2.11. The van der Waals surface area contributed by atoms with Gasteiger partial charge in [0.2, 0.25) is 0 Å². The maximum absolute atomic E-state index is 6.35. The molecule has 0 saturated heterocycles. The number of nitrogens with two attached hydrogens (primary N) is 2. The number of anilines is 3. The lowest BCUT2D eigenvalue weighted by atomic mass is 10.1. The van der Waals surface area contributed by atoms with Crippen molar-refractivity contribution >= 4 is 40.0 Å². The fraction of sp³-hybridized carbons (Fsp3) is 0.0909. The molecule has 2 aromatic carbocycles. The average Bonchev–Trinajstić information content (AvgIpc) is 2.75. The number of rotatable bonds is 6. The summed E-state index contributed by atoms with van der Waals surface area (Å²) in [5.41, 5.74) is 11.6. The van der Waals surface area contributed by atoms with Gasteiger partial charge in [0.1, 0.15) is 0 Å². The molecule has 0 saturated carbocycles. The van der Waals surface area contributed by atoms with Gasteiger partial charge < -0.3 is 10.5 Å². The van der Waals surface area contributed by atoms with Gasteiger partial charge in [-0.05, 0) is 48.0 Å². The average molecular weight is 403 g/mol. The van der Waals surface area contributed by atoms with Gasteiger partial charge in [-0.1, -0.05) is 36.2 Å².